The van der Waals surface area contributed by atoms with Crippen molar-refractivity contribution in [3.05, 3.63) is 34.7 Å². The SMILES string of the molecule is CCCCCCn1ncc2ccc(N)cc2c1=O. The molecule has 2 rings (SSSR count). The lowest BCUT2D eigenvalue weighted by molar-refractivity contribution is 0.523. The number of fused-ring (bicyclic) bond motifs is 1. The molecule has 0 aliphatic heterocycles. The van der Waals surface area contributed by atoms with Crippen LogP contribution in [0.5, 0.6) is 0 Å². The summed E-state index contributed by atoms with van der Waals surface area (Å²) in [5.74, 6) is 0. The number of nitrogens with zero attached hydrogens (tertiary/aromatic N) is 2. The van der Waals surface area contributed by atoms with E-state index in [1.165, 1.54) is 17.5 Å². The molecule has 0 amide bonds. The molecule has 0 radical (unpaired) electrons. The first kappa shape index (κ1) is 12.6. The second-order valence-corrected chi connectivity index (χ2v) is 4.58. The molecular formula is C14H19N3O. The zero-order valence-electron chi connectivity index (χ0n) is 10.7. The van der Waals surface area contributed by atoms with Crippen molar-refractivity contribution in [2.24, 2.45) is 0 Å². The summed E-state index contributed by atoms with van der Waals surface area (Å²) in [6.07, 6.45) is 6.26. The first-order valence-electron chi connectivity index (χ1n) is 6.47. The smallest absolute Gasteiger partial charge is 0.274 e. The topological polar surface area (TPSA) is 60.9 Å². The Hall–Kier alpha value is -1.84. The summed E-state index contributed by atoms with van der Waals surface area (Å²) in [4.78, 5) is 12.2. The molecular weight excluding hydrogens is 226 g/mol. The molecule has 96 valence electrons. The van der Waals surface area contributed by atoms with Gasteiger partial charge in [0.15, 0.2) is 0 Å². The largest absolute Gasteiger partial charge is 0.399 e. The first-order valence-corrected chi connectivity index (χ1v) is 6.47. The summed E-state index contributed by atoms with van der Waals surface area (Å²) in [7, 11) is 0. The van der Waals surface area contributed by atoms with Crippen LogP contribution < -0.4 is 11.3 Å². The van der Waals surface area contributed by atoms with Crippen molar-refractivity contribution in [2.75, 3.05) is 5.73 Å². The number of hydrogen-bond acceptors (Lipinski definition) is 3. The van der Waals surface area contributed by atoms with Crippen molar-refractivity contribution in [3.63, 3.8) is 0 Å². The predicted molar refractivity (Wildman–Crippen MR) is 74.6 cm³/mol. The predicted octanol–water partition coefficient (Wildman–Crippen LogP) is 2.56. The minimum atomic E-state index is -0.0451. The van der Waals surface area contributed by atoms with Crippen LogP contribution in [0.25, 0.3) is 10.8 Å². The lowest BCUT2D eigenvalue weighted by Crippen LogP contribution is -2.22. The van der Waals surface area contributed by atoms with Gasteiger partial charge in [-0.05, 0) is 18.6 Å². The highest BCUT2D eigenvalue weighted by Crippen LogP contribution is 2.12. The number of benzene rings is 1. The van der Waals surface area contributed by atoms with Crippen molar-refractivity contribution < 1.29 is 0 Å². The van der Waals surface area contributed by atoms with E-state index in [1.54, 1.807) is 18.3 Å². The molecule has 4 heteroatoms. The van der Waals surface area contributed by atoms with Crippen molar-refractivity contribution in [3.8, 4) is 0 Å². The number of nitrogen functional groups attached to an aromatic ring is 1. The highest BCUT2D eigenvalue weighted by atomic mass is 16.1. The average molecular weight is 245 g/mol. The third kappa shape index (κ3) is 2.70. The molecule has 0 unspecified atom stereocenters. The van der Waals surface area contributed by atoms with Crippen LogP contribution in [0.4, 0.5) is 5.69 Å². The van der Waals surface area contributed by atoms with Gasteiger partial charge in [0.25, 0.3) is 5.56 Å². The Morgan fingerprint density at radius 2 is 2.11 bits per heavy atom. The Labute approximate surface area is 106 Å². The second kappa shape index (κ2) is 5.67. The van der Waals surface area contributed by atoms with Crippen LogP contribution in [0, 0.1) is 0 Å². The number of rotatable bonds is 5. The molecule has 2 aromatic rings. The molecule has 0 spiro atoms. The molecule has 1 aromatic carbocycles. The Morgan fingerprint density at radius 1 is 1.28 bits per heavy atom. The van der Waals surface area contributed by atoms with Gasteiger partial charge in [0.2, 0.25) is 0 Å². The van der Waals surface area contributed by atoms with Crippen LogP contribution in [0.1, 0.15) is 32.6 Å². The van der Waals surface area contributed by atoms with Crippen LogP contribution in [-0.2, 0) is 6.54 Å². The zero-order valence-corrected chi connectivity index (χ0v) is 10.7. The highest BCUT2D eigenvalue weighted by molar-refractivity contribution is 5.83. The van der Waals surface area contributed by atoms with E-state index in [0.717, 1.165) is 18.2 Å². The Bertz CT molecular complexity index is 589. The van der Waals surface area contributed by atoms with E-state index < -0.39 is 0 Å². The van der Waals surface area contributed by atoms with Gasteiger partial charge in [-0.2, -0.15) is 5.10 Å². The third-order valence-corrected chi connectivity index (χ3v) is 3.10. The van der Waals surface area contributed by atoms with Gasteiger partial charge >= 0.3 is 0 Å². The first-order chi connectivity index (χ1) is 8.72. The molecule has 0 bridgehead atoms. The molecule has 0 saturated heterocycles. The number of aromatic nitrogens is 2. The summed E-state index contributed by atoms with van der Waals surface area (Å²) in [6, 6.07) is 5.34. The zero-order chi connectivity index (χ0) is 13.0. The minimum absolute atomic E-state index is 0.0451. The number of hydrogen-bond donors (Lipinski definition) is 1. The number of anilines is 1. The van der Waals surface area contributed by atoms with Gasteiger partial charge in [0, 0.05) is 17.6 Å². The Morgan fingerprint density at radius 3 is 2.89 bits per heavy atom. The Kier molecular flexibility index (Phi) is 3.97. The van der Waals surface area contributed by atoms with E-state index in [0.29, 0.717) is 17.6 Å². The van der Waals surface area contributed by atoms with Gasteiger partial charge < -0.3 is 5.73 Å². The van der Waals surface area contributed by atoms with Gasteiger partial charge in [-0.15, -0.1) is 0 Å². The van der Waals surface area contributed by atoms with E-state index in [2.05, 4.69) is 12.0 Å². The molecule has 2 N–H and O–H groups in total. The monoisotopic (exact) mass is 245 g/mol. The van der Waals surface area contributed by atoms with Crippen molar-refractivity contribution in [1.29, 1.82) is 0 Å². The van der Waals surface area contributed by atoms with E-state index in [9.17, 15) is 4.79 Å². The molecule has 0 aliphatic carbocycles. The maximum Gasteiger partial charge on any atom is 0.274 e. The van der Waals surface area contributed by atoms with Gasteiger partial charge in [0.05, 0.1) is 11.6 Å². The molecule has 0 fully saturated rings. The number of unbranched alkanes of at least 4 members (excludes halogenated alkanes) is 3. The quantitative estimate of drug-likeness (QED) is 0.650. The third-order valence-electron chi connectivity index (χ3n) is 3.10. The summed E-state index contributed by atoms with van der Waals surface area (Å²) in [6.45, 7) is 2.85. The van der Waals surface area contributed by atoms with Gasteiger partial charge in [0.1, 0.15) is 0 Å². The summed E-state index contributed by atoms with van der Waals surface area (Å²) in [5.41, 5.74) is 6.28. The average Bonchev–Trinajstić information content (AvgIpc) is 2.38. The van der Waals surface area contributed by atoms with Gasteiger partial charge in [-0.3, -0.25) is 4.79 Å². The minimum Gasteiger partial charge on any atom is -0.399 e. The standard InChI is InChI=1S/C14H19N3O/c1-2-3-4-5-8-17-14(18)13-9-12(15)7-6-11(13)10-16-17/h6-7,9-10H,2-5,8,15H2,1H3. The van der Waals surface area contributed by atoms with E-state index in [4.69, 9.17) is 5.73 Å². The van der Waals surface area contributed by atoms with E-state index in [1.807, 2.05) is 6.07 Å². The van der Waals surface area contributed by atoms with Crippen LogP contribution in [-0.4, -0.2) is 9.78 Å². The van der Waals surface area contributed by atoms with Crippen molar-refractivity contribution in [2.45, 2.75) is 39.2 Å². The lowest BCUT2D eigenvalue weighted by Gasteiger charge is -2.06. The summed E-state index contributed by atoms with van der Waals surface area (Å²) >= 11 is 0. The fraction of sp³-hybridized carbons (Fsp3) is 0.429. The fourth-order valence-electron chi connectivity index (χ4n) is 2.04. The van der Waals surface area contributed by atoms with Gasteiger partial charge in [-0.1, -0.05) is 32.3 Å². The summed E-state index contributed by atoms with van der Waals surface area (Å²) < 4.78 is 1.54. The van der Waals surface area contributed by atoms with Crippen molar-refractivity contribution >= 4 is 16.5 Å². The highest BCUT2D eigenvalue weighted by Gasteiger charge is 2.04. The maximum atomic E-state index is 12.2. The van der Waals surface area contributed by atoms with Crippen LogP contribution in [0.3, 0.4) is 0 Å². The van der Waals surface area contributed by atoms with Crippen LogP contribution in [0.2, 0.25) is 0 Å². The lowest BCUT2D eigenvalue weighted by atomic mass is 10.2. The normalized spacial score (nSPS) is 10.9. The number of nitrogens with two attached hydrogens (primary N) is 1. The molecule has 0 atom stereocenters. The van der Waals surface area contributed by atoms with Gasteiger partial charge in [-0.25, -0.2) is 4.68 Å². The maximum absolute atomic E-state index is 12.2. The van der Waals surface area contributed by atoms with Crippen molar-refractivity contribution in [1.82, 2.24) is 9.78 Å². The molecule has 1 heterocycles. The second-order valence-electron chi connectivity index (χ2n) is 4.58. The molecule has 1 aromatic heterocycles. The number of aryl methyl sites for hydroxylation is 1. The fourth-order valence-corrected chi connectivity index (χ4v) is 2.04. The van der Waals surface area contributed by atoms with Crippen LogP contribution in [0.15, 0.2) is 29.2 Å². The Balaban J connectivity index is 2.24. The molecule has 18 heavy (non-hydrogen) atoms. The molecule has 0 aliphatic rings. The van der Waals surface area contributed by atoms with E-state index >= 15 is 0 Å². The summed E-state index contributed by atoms with van der Waals surface area (Å²) in [5, 5.41) is 5.70. The van der Waals surface area contributed by atoms with Crippen LogP contribution >= 0.6 is 0 Å². The van der Waals surface area contributed by atoms with E-state index in [-0.39, 0.29) is 5.56 Å². The molecule has 4 nitrogen and oxygen atoms in total. The molecule has 0 saturated carbocycles.